The monoisotopic (exact) mass is 237 g/mol. The lowest BCUT2D eigenvalue weighted by Crippen LogP contribution is -2.11. The van der Waals surface area contributed by atoms with Crippen molar-refractivity contribution in [1.82, 2.24) is 9.78 Å². The van der Waals surface area contributed by atoms with Gasteiger partial charge in [-0.05, 0) is 24.6 Å². The van der Waals surface area contributed by atoms with E-state index in [1.165, 1.54) is 17.1 Å². The molecule has 2 N–H and O–H groups in total. The Hall–Kier alpha value is -1.66. The van der Waals surface area contributed by atoms with E-state index in [-0.39, 0.29) is 4.90 Å². The molecule has 0 unspecified atom stereocenters. The summed E-state index contributed by atoms with van der Waals surface area (Å²) < 4.78 is 23.6. The van der Waals surface area contributed by atoms with Crippen LogP contribution in [0.25, 0.3) is 5.69 Å². The number of primary sulfonamides is 1. The molecule has 0 amide bonds. The van der Waals surface area contributed by atoms with Crippen molar-refractivity contribution in [2.45, 2.75) is 11.8 Å². The van der Waals surface area contributed by atoms with Crippen molar-refractivity contribution in [3.8, 4) is 5.69 Å². The van der Waals surface area contributed by atoms with Gasteiger partial charge in [-0.1, -0.05) is 12.1 Å². The number of nitrogens with two attached hydrogens (primary N) is 1. The molecule has 1 aromatic heterocycles. The van der Waals surface area contributed by atoms with Crippen LogP contribution >= 0.6 is 0 Å². The molecule has 0 fully saturated rings. The molecule has 16 heavy (non-hydrogen) atoms. The van der Waals surface area contributed by atoms with E-state index in [2.05, 4.69) is 5.10 Å². The molecule has 0 aliphatic rings. The van der Waals surface area contributed by atoms with E-state index in [0.717, 1.165) is 11.3 Å². The average Bonchev–Trinajstić information content (AvgIpc) is 2.65. The van der Waals surface area contributed by atoms with Gasteiger partial charge in [-0.25, -0.2) is 18.2 Å². The molecular formula is C10H11N3O2S. The van der Waals surface area contributed by atoms with Gasteiger partial charge in [0.15, 0.2) is 0 Å². The topological polar surface area (TPSA) is 78.0 Å². The van der Waals surface area contributed by atoms with Crippen LogP contribution in [0.4, 0.5) is 0 Å². The largest absolute Gasteiger partial charge is 0.241 e. The normalized spacial score (nSPS) is 11.6. The molecule has 1 aromatic carbocycles. The summed E-state index contributed by atoms with van der Waals surface area (Å²) in [5.41, 5.74) is 1.88. The molecular weight excluding hydrogens is 226 g/mol. The van der Waals surface area contributed by atoms with Crippen LogP contribution in [0.1, 0.15) is 5.56 Å². The molecule has 2 rings (SSSR count). The third-order valence-electron chi connectivity index (χ3n) is 2.15. The van der Waals surface area contributed by atoms with Gasteiger partial charge >= 0.3 is 0 Å². The fourth-order valence-electron chi connectivity index (χ4n) is 1.36. The Kier molecular flexibility index (Phi) is 2.53. The number of rotatable bonds is 2. The summed E-state index contributed by atoms with van der Waals surface area (Å²) >= 11 is 0. The van der Waals surface area contributed by atoms with Gasteiger partial charge < -0.3 is 0 Å². The van der Waals surface area contributed by atoms with Crippen LogP contribution in [0, 0.1) is 6.92 Å². The predicted octanol–water partition coefficient (Wildman–Crippen LogP) is 0.828. The second-order valence-electron chi connectivity index (χ2n) is 3.50. The molecule has 2 aromatic rings. The SMILES string of the molecule is Cc1cccc(-n2cc(S(N)(=O)=O)cn2)c1. The van der Waals surface area contributed by atoms with Gasteiger partial charge in [0, 0.05) is 0 Å². The second-order valence-corrected chi connectivity index (χ2v) is 5.07. The van der Waals surface area contributed by atoms with Gasteiger partial charge in [-0.2, -0.15) is 5.10 Å². The maximum absolute atomic E-state index is 11.1. The zero-order valence-corrected chi connectivity index (χ0v) is 9.48. The smallest absolute Gasteiger partial charge is 0.240 e. The van der Waals surface area contributed by atoms with Gasteiger partial charge in [-0.3, -0.25) is 0 Å². The fraction of sp³-hybridized carbons (Fsp3) is 0.100. The van der Waals surface area contributed by atoms with E-state index < -0.39 is 10.0 Å². The van der Waals surface area contributed by atoms with Crippen LogP contribution in [-0.2, 0) is 10.0 Å². The van der Waals surface area contributed by atoms with Gasteiger partial charge in [0.25, 0.3) is 0 Å². The van der Waals surface area contributed by atoms with Gasteiger partial charge in [0.2, 0.25) is 10.0 Å². The quantitative estimate of drug-likeness (QED) is 0.840. The van der Waals surface area contributed by atoms with E-state index in [1.807, 2.05) is 31.2 Å². The van der Waals surface area contributed by atoms with Crippen LogP contribution in [0.2, 0.25) is 0 Å². The summed E-state index contributed by atoms with van der Waals surface area (Å²) in [7, 11) is -3.68. The Labute approximate surface area is 93.6 Å². The molecule has 6 heteroatoms. The summed E-state index contributed by atoms with van der Waals surface area (Å²) in [6, 6.07) is 7.57. The number of nitrogens with zero attached hydrogens (tertiary/aromatic N) is 2. The Morgan fingerprint density at radius 1 is 1.38 bits per heavy atom. The minimum atomic E-state index is -3.68. The van der Waals surface area contributed by atoms with Crippen LogP contribution in [0.5, 0.6) is 0 Å². The lowest BCUT2D eigenvalue weighted by atomic mass is 10.2. The summed E-state index contributed by atoms with van der Waals surface area (Å²) in [4.78, 5) is 0.00834. The average molecular weight is 237 g/mol. The summed E-state index contributed by atoms with van der Waals surface area (Å²) in [5, 5.41) is 8.95. The minimum absolute atomic E-state index is 0.00834. The zero-order valence-electron chi connectivity index (χ0n) is 8.66. The highest BCUT2D eigenvalue weighted by atomic mass is 32.2. The molecule has 5 nitrogen and oxygen atoms in total. The highest BCUT2D eigenvalue weighted by Crippen LogP contribution is 2.12. The highest BCUT2D eigenvalue weighted by Gasteiger charge is 2.10. The minimum Gasteiger partial charge on any atom is -0.240 e. The fourth-order valence-corrected chi connectivity index (χ4v) is 1.81. The maximum atomic E-state index is 11.1. The van der Waals surface area contributed by atoms with Crippen molar-refractivity contribution in [2.75, 3.05) is 0 Å². The van der Waals surface area contributed by atoms with Gasteiger partial charge in [-0.15, -0.1) is 0 Å². The van der Waals surface area contributed by atoms with Crippen LogP contribution in [0.15, 0.2) is 41.6 Å². The first-order chi connectivity index (χ1) is 7.47. The molecule has 0 bridgehead atoms. The number of benzene rings is 1. The van der Waals surface area contributed by atoms with Crippen molar-refractivity contribution in [2.24, 2.45) is 5.14 Å². The Morgan fingerprint density at radius 2 is 2.12 bits per heavy atom. The summed E-state index contributed by atoms with van der Waals surface area (Å²) in [6.07, 6.45) is 2.63. The van der Waals surface area contributed by atoms with E-state index in [9.17, 15) is 8.42 Å². The summed E-state index contributed by atoms with van der Waals surface area (Å²) in [6.45, 7) is 1.95. The first kappa shape index (κ1) is 10.8. The molecule has 84 valence electrons. The number of hydrogen-bond acceptors (Lipinski definition) is 3. The Bertz CT molecular complexity index is 616. The van der Waals surface area contributed by atoms with Crippen molar-refractivity contribution >= 4 is 10.0 Å². The second kappa shape index (κ2) is 3.73. The molecule has 1 heterocycles. The molecule has 0 saturated carbocycles. The Balaban J connectivity index is 2.47. The van der Waals surface area contributed by atoms with Gasteiger partial charge in [0.05, 0.1) is 18.1 Å². The van der Waals surface area contributed by atoms with E-state index in [1.54, 1.807) is 0 Å². The number of aryl methyl sites for hydroxylation is 1. The lowest BCUT2D eigenvalue weighted by Gasteiger charge is -2.01. The standard InChI is InChI=1S/C10H11N3O2S/c1-8-3-2-4-9(5-8)13-7-10(6-12-13)16(11,14)15/h2-7H,1H3,(H2,11,14,15). The molecule has 0 atom stereocenters. The molecule has 0 spiro atoms. The van der Waals surface area contributed by atoms with E-state index in [4.69, 9.17) is 5.14 Å². The predicted molar refractivity (Wildman–Crippen MR) is 59.7 cm³/mol. The lowest BCUT2D eigenvalue weighted by molar-refractivity contribution is 0.598. The summed E-state index contributed by atoms with van der Waals surface area (Å²) in [5.74, 6) is 0. The van der Waals surface area contributed by atoms with Crippen molar-refractivity contribution in [3.63, 3.8) is 0 Å². The van der Waals surface area contributed by atoms with Crippen molar-refractivity contribution in [1.29, 1.82) is 0 Å². The number of hydrogen-bond donors (Lipinski definition) is 1. The van der Waals surface area contributed by atoms with Crippen molar-refractivity contribution < 1.29 is 8.42 Å². The van der Waals surface area contributed by atoms with E-state index >= 15 is 0 Å². The molecule has 0 radical (unpaired) electrons. The van der Waals surface area contributed by atoms with E-state index in [0.29, 0.717) is 0 Å². The molecule has 0 aliphatic heterocycles. The first-order valence-electron chi connectivity index (χ1n) is 4.61. The highest BCUT2D eigenvalue weighted by molar-refractivity contribution is 7.89. The maximum Gasteiger partial charge on any atom is 0.241 e. The van der Waals surface area contributed by atoms with Crippen LogP contribution in [0.3, 0.4) is 0 Å². The number of sulfonamides is 1. The zero-order chi connectivity index (χ0) is 11.8. The Morgan fingerprint density at radius 3 is 2.69 bits per heavy atom. The van der Waals surface area contributed by atoms with Crippen LogP contribution < -0.4 is 5.14 Å². The third-order valence-corrected chi connectivity index (χ3v) is 3.02. The molecule has 0 saturated heterocycles. The first-order valence-corrected chi connectivity index (χ1v) is 6.16. The van der Waals surface area contributed by atoms with Crippen LogP contribution in [-0.4, -0.2) is 18.2 Å². The van der Waals surface area contributed by atoms with Gasteiger partial charge in [0.1, 0.15) is 4.90 Å². The number of aromatic nitrogens is 2. The molecule has 0 aliphatic carbocycles. The van der Waals surface area contributed by atoms with Crippen molar-refractivity contribution in [3.05, 3.63) is 42.2 Å². The third kappa shape index (κ3) is 2.12.